The van der Waals surface area contributed by atoms with Gasteiger partial charge in [0.15, 0.2) is 0 Å². The van der Waals surface area contributed by atoms with E-state index in [1.807, 2.05) is 18.2 Å². The summed E-state index contributed by atoms with van der Waals surface area (Å²) in [5.41, 5.74) is 7.06. The second-order valence-corrected chi connectivity index (χ2v) is 3.69. The van der Waals surface area contributed by atoms with Gasteiger partial charge in [-0.05, 0) is 24.3 Å². The SMILES string of the molecule is CCC(C[C@H](N)CO)c1ccccc1. The highest BCUT2D eigenvalue weighted by Crippen LogP contribution is 2.23. The van der Waals surface area contributed by atoms with Crippen molar-refractivity contribution in [2.75, 3.05) is 6.61 Å². The van der Waals surface area contributed by atoms with Crippen LogP contribution in [0.5, 0.6) is 0 Å². The molecule has 14 heavy (non-hydrogen) atoms. The first-order valence-electron chi connectivity index (χ1n) is 5.19. The summed E-state index contributed by atoms with van der Waals surface area (Å²) >= 11 is 0. The Hall–Kier alpha value is -0.860. The van der Waals surface area contributed by atoms with Crippen molar-refractivity contribution in [2.45, 2.75) is 31.7 Å². The Morgan fingerprint density at radius 2 is 1.93 bits per heavy atom. The quantitative estimate of drug-likeness (QED) is 0.750. The van der Waals surface area contributed by atoms with Gasteiger partial charge in [0, 0.05) is 6.04 Å². The van der Waals surface area contributed by atoms with E-state index >= 15 is 0 Å². The highest BCUT2D eigenvalue weighted by atomic mass is 16.3. The standard InChI is InChI=1S/C12H19NO/c1-2-10(8-12(13)9-14)11-6-4-3-5-7-11/h3-7,10,12,14H,2,8-9,13H2,1H3/t10?,12-/m0/s1. The molecule has 0 heterocycles. The number of aliphatic hydroxyl groups excluding tert-OH is 1. The maximum atomic E-state index is 8.90. The van der Waals surface area contributed by atoms with Crippen LogP contribution in [-0.4, -0.2) is 17.8 Å². The van der Waals surface area contributed by atoms with Crippen molar-refractivity contribution < 1.29 is 5.11 Å². The largest absolute Gasteiger partial charge is 0.395 e. The van der Waals surface area contributed by atoms with Crippen LogP contribution >= 0.6 is 0 Å². The Bertz CT molecular complexity index is 248. The van der Waals surface area contributed by atoms with E-state index in [0.29, 0.717) is 5.92 Å². The zero-order valence-electron chi connectivity index (χ0n) is 8.69. The molecule has 3 N–H and O–H groups in total. The van der Waals surface area contributed by atoms with Gasteiger partial charge < -0.3 is 10.8 Å². The Labute approximate surface area is 85.8 Å². The van der Waals surface area contributed by atoms with Crippen LogP contribution in [0.2, 0.25) is 0 Å². The minimum Gasteiger partial charge on any atom is -0.395 e. The first-order chi connectivity index (χ1) is 6.77. The summed E-state index contributed by atoms with van der Waals surface area (Å²) < 4.78 is 0. The Balaban J connectivity index is 2.63. The molecule has 0 aliphatic carbocycles. The molecule has 0 aliphatic rings. The van der Waals surface area contributed by atoms with Gasteiger partial charge in [0.1, 0.15) is 0 Å². The van der Waals surface area contributed by atoms with Gasteiger partial charge in [-0.25, -0.2) is 0 Å². The molecule has 2 atom stereocenters. The third-order valence-electron chi connectivity index (χ3n) is 2.59. The van der Waals surface area contributed by atoms with E-state index in [9.17, 15) is 0 Å². The van der Waals surface area contributed by atoms with Crippen LogP contribution < -0.4 is 5.73 Å². The Morgan fingerprint density at radius 3 is 2.43 bits per heavy atom. The predicted molar refractivity (Wildman–Crippen MR) is 59.2 cm³/mol. The second-order valence-electron chi connectivity index (χ2n) is 3.69. The average Bonchev–Trinajstić information content (AvgIpc) is 2.26. The van der Waals surface area contributed by atoms with Gasteiger partial charge in [0.2, 0.25) is 0 Å². The summed E-state index contributed by atoms with van der Waals surface area (Å²) in [6.07, 6.45) is 1.93. The van der Waals surface area contributed by atoms with E-state index in [1.54, 1.807) is 0 Å². The molecule has 0 bridgehead atoms. The highest BCUT2D eigenvalue weighted by molar-refractivity contribution is 5.19. The molecule has 0 aromatic heterocycles. The number of hydrogen-bond acceptors (Lipinski definition) is 2. The predicted octanol–water partition coefficient (Wildman–Crippen LogP) is 1.89. The lowest BCUT2D eigenvalue weighted by Gasteiger charge is -2.18. The summed E-state index contributed by atoms with van der Waals surface area (Å²) in [7, 11) is 0. The van der Waals surface area contributed by atoms with Crippen molar-refractivity contribution in [3.05, 3.63) is 35.9 Å². The number of nitrogens with two attached hydrogens (primary N) is 1. The van der Waals surface area contributed by atoms with E-state index in [-0.39, 0.29) is 12.6 Å². The highest BCUT2D eigenvalue weighted by Gasteiger charge is 2.12. The lowest BCUT2D eigenvalue weighted by Crippen LogP contribution is -2.26. The molecule has 1 unspecified atom stereocenters. The molecule has 0 spiro atoms. The summed E-state index contributed by atoms with van der Waals surface area (Å²) in [4.78, 5) is 0. The molecular formula is C12H19NO. The smallest absolute Gasteiger partial charge is 0.0582 e. The van der Waals surface area contributed by atoms with E-state index in [1.165, 1.54) is 5.56 Å². The summed E-state index contributed by atoms with van der Waals surface area (Å²) in [5.74, 6) is 0.471. The van der Waals surface area contributed by atoms with E-state index in [2.05, 4.69) is 19.1 Å². The van der Waals surface area contributed by atoms with Crippen molar-refractivity contribution >= 4 is 0 Å². The maximum absolute atomic E-state index is 8.90. The van der Waals surface area contributed by atoms with Crippen molar-refractivity contribution in [3.8, 4) is 0 Å². The van der Waals surface area contributed by atoms with Gasteiger partial charge >= 0.3 is 0 Å². The van der Waals surface area contributed by atoms with Crippen LogP contribution in [0, 0.1) is 0 Å². The molecule has 1 rings (SSSR count). The zero-order chi connectivity index (χ0) is 10.4. The molecule has 0 amide bonds. The van der Waals surface area contributed by atoms with Crippen LogP contribution in [0.4, 0.5) is 0 Å². The average molecular weight is 193 g/mol. The van der Waals surface area contributed by atoms with Crippen LogP contribution in [0.15, 0.2) is 30.3 Å². The Morgan fingerprint density at radius 1 is 1.29 bits per heavy atom. The second kappa shape index (κ2) is 5.78. The molecule has 2 nitrogen and oxygen atoms in total. The topological polar surface area (TPSA) is 46.2 Å². The number of aliphatic hydroxyl groups is 1. The van der Waals surface area contributed by atoms with Crippen LogP contribution in [-0.2, 0) is 0 Å². The number of hydrogen-bond donors (Lipinski definition) is 2. The van der Waals surface area contributed by atoms with Gasteiger partial charge in [-0.2, -0.15) is 0 Å². The van der Waals surface area contributed by atoms with Gasteiger partial charge in [0.25, 0.3) is 0 Å². The van der Waals surface area contributed by atoms with Crippen LogP contribution in [0.3, 0.4) is 0 Å². The monoisotopic (exact) mass is 193 g/mol. The summed E-state index contributed by atoms with van der Waals surface area (Å²) in [5, 5.41) is 8.90. The lowest BCUT2D eigenvalue weighted by atomic mass is 9.90. The molecule has 0 saturated carbocycles. The van der Waals surface area contributed by atoms with Gasteiger partial charge in [0.05, 0.1) is 6.61 Å². The van der Waals surface area contributed by atoms with Crippen LogP contribution in [0.1, 0.15) is 31.2 Å². The van der Waals surface area contributed by atoms with E-state index in [4.69, 9.17) is 10.8 Å². The third-order valence-corrected chi connectivity index (χ3v) is 2.59. The lowest BCUT2D eigenvalue weighted by molar-refractivity contribution is 0.253. The summed E-state index contributed by atoms with van der Waals surface area (Å²) in [6, 6.07) is 10.3. The zero-order valence-corrected chi connectivity index (χ0v) is 8.69. The third kappa shape index (κ3) is 3.13. The van der Waals surface area contributed by atoms with Gasteiger partial charge in [-0.1, -0.05) is 37.3 Å². The molecule has 78 valence electrons. The number of rotatable bonds is 5. The molecule has 0 aliphatic heterocycles. The molecule has 2 heteroatoms. The van der Waals surface area contributed by atoms with E-state index in [0.717, 1.165) is 12.8 Å². The minimum atomic E-state index is -0.0971. The summed E-state index contributed by atoms with van der Waals surface area (Å²) in [6.45, 7) is 2.23. The van der Waals surface area contributed by atoms with Crippen LogP contribution in [0.25, 0.3) is 0 Å². The van der Waals surface area contributed by atoms with Crippen molar-refractivity contribution in [1.29, 1.82) is 0 Å². The van der Waals surface area contributed by atoms with Crippen molar-refractivity contribution in [1.82, 2.24) is 0 Å². The molecular weight excluding hydrogens is 174 g/mol. The fraction of sp³-hybridized carbons (Fsp3) is 0.500. The maximum Gasteiger partial charge on any atom is 0.0582 e. The Kier molecular flexibility index (Phi) is 4.63. The van der Waals surface area contributed by atoms with Crippen molar-refractivity contribution in [2.24, 2.45) is 5.73 Å². The molecule has 0 saturated heterocycles. The minimum absolute atomic E-state index is 0.0728. The van der Waals surface area contributed by atoms with Gasteiger partial charge in [-0.3, -0.25) is 0 Å². The molecule has 1 aromatic rings. The first kappa shape index (κ1) is 11.2. The van der Waals surface area contributed by atoms with Gasteiger partial charge in [-0.15, -0.1) is 0 Å². The molecule has 0 fully saturated rings. The first-order valence-corrected chi connectivity index (χ1v) is 5.19. The van der Waals surface area contributed by atoms with E-state index < -0.39 is 0 Å². The number of benzene rings is 1. The fourth-order valence-corrected chi connectivity index (χ4v) is 1.70. The van der Waals surface area contributed by atoms with Crippen molar-refractivity contribution in [3.63, 3.8) is 0 Å². The fourth-order valence-electron chi connectivity index (χ4n) is 1.70. The molecule has 1 aromatic carbocycles. The molecule has 0 radical (unpaired) electrons. The normalized spacial score (nSPS) is 15.1.